The number of pyridine rings is 1. The predicted molar refractivity (Wildman–Crippen MR) is 116 cm³/mol. The van der Waals surface area contributed by atoms with Gasteiger partial charge >= 0.3 is 0 Å². The van der Waals surface area contributed by atoms with Gasteiger partial charge in [-0.1, -0.05) is 36.4 Å². The van der Waals surface area contributed by atoms with Crippen molar-refractivity contribution in [2.24, 2.45) is 0 Å². The molecule has 4 aromatic rings. The van der Waals surface area contributed by atoms with Gasteiger partial charge in [0.2, 0.25) is 0 Å². The van der Waals surface area contributed by atoms with Gasteiger partial charge in [0.15, 0.2) is 0 Å². The molecule has 0 radical (unpaired) electrons. The summed E-state index contributed by atoms with van der Waals surface area (Å²) in [5, 5.41) is 2.89. The Morgan fingerprint density at radius 1 is 1.06 bits per heavy atom. The number of hydrogen-bond donors (Lipinski definition) is 2. The van der Waals surface area contributed by atoms with Crippen LogP contribution in [-0.4, -0.2) is 47.8 Å². The van der Waals surface area contributed by atoms with Crippen molar-refractivity contribution in [2.75, 3.05) is 6.54 Å². The highest BCUT2D eigenvalue weighted by atomic mass is 16.2. The van der Waals surface area contributed by atoms with Crippen LogP contribution in [0, 0.1) is 0 Å². The zero-order valence-electron chi connectivity index (χ0n) is 17.2. The number of nitrogens with one attached hydrogen (secondary N) is 2. The summed E-state index contributed by atoms with van der Waals surface area (Å²) in [4.78, 5) is 43.3. The molecule has 1 aliphatic rings. The molecule has 3 aromatic heterocycles. The second-order valence-electron chi connectivity index (χ2n) is 7.50. The Labute approximate surface area is 184 Å². The number of carbonyl (C=O) groups excluding carboxylic acids is 2. The third-order valence-electron chi connectivity index (χ3n) is 5.46. The van der Waals surface area contributed by atoms with Gasteiger partial charge in [-0.2, -0.15) is 0 Å². The molecule has 0 spiro atoms. The summed E-state index contributed by atoms with van der Waals surface area (Å²) in [6.07, 6.45) is 8.16. The third-order valence-corrected chi connectivity index (χ3v) is 5.46. The van der Waals surface area contributed by atoms with Gasteiger partial charge in [-0.15, -0.1) is 0 Å². The molecule has 1 aromatic carbocycles. The van der Waals surface area contributed by atoms with Crippen molar-refractivity contribution < 1.29 is 9.59 Å². The Morgan fingerprint density at radius 3 is 2.69 bits per heavy atom. The molecule has 2 amide bonds. The number of fused-ring (bicyclic) bond motifs is 1. The van der Waals surface area contributed by atoms with Crippen LogP contribution >= 0.6 is 0 Å². The van der Waals surface area contributed by atoms with Crippen LogP contribution in [0.4, 0.5) is 0 Å². The normalized spacial score (nSPS) is 15.2. The van der Waals surface area contributed by atoms with Crippen LogP contribution in [0.2, 0.25) is 0 Å². The van der Waals surface area contributed by atoms with Gasteiger partial charge in [-0.05, 0) is 17.2 Å². The van der Waals surface area contributed by atoms with Crippen molar-refractivity contribution in [2.45, 2.75) is 19.1 Å². The number of carbonyl (C=O) groups is 2. The zero-order chi connectivity index (χ0) is 21.9. The van der Waals surface area contributed by atoms with E-state index in [-0.39, 0.29) is 11.8 Å². The third kappa shape index (κ3) is 3.76. The Balaban J connectivity index is 1.45. The molecule has 2 N–H and O–H groups in total. The minimum absolute atomic E-state index is 0.159. The summed E-state index contributed by atoms with van der Waals surface area (Å²) in [6.45, 7) is 1.39. The molecule has 1 atom stereocenters. The number of rotatable bonds is 5. The number of nitrogens with zero attached hydrogens (tertiary/aromatic N) is 5. The van der Waals surface area contributed by atoms with Crippen LogP contribution in [0.1, 0.15) is 44.0 Å². The first kappa shape index (κ1) is 19.7. The summed E-state index contributed by atoms with van der Waals surface area (Å²) in [7, 11) is 0. The van der Waals surface area contributed by atoms with E-state index in [4.69, 9.17) is 0 Å². The summed E-state index contributed by atoms with van der Waals surface area (Å²) in [5.74, 6) is 0.226. The number of H-pyrrole nitrogens is 1. The molecule has 0 saturated carbocycles. The Morgan fingerprint density at radius 2 is 1.94 bits per heavy atom. The molecule has 0 saturated heterocycles. The summed E-state index contributed by atoms with van der Waals surface area (Å²) >= 11 is 0. The van der Waals surface area contributed by atoms with Gasteiger partial charge in [0, 0.05) is 38.2 Å². The quantitative estimate of drug-likeness (QED) is 0.507. The minimum atomic E-state index is -0.416. The number of aromatic amines is 1. The number of amides is 2. The average molecular weight is 427 g/mol. The highest BCUT2D eigenvalue weighted by Crippen LogP contribution is 2.32. The number of aromatic nitrogens is 5. The lowest BCUT2D eigenvalue weighted by atomic mass is 10.0. The molecule has 32 heavy (non-hydrogen) atoms. The fourth-order valence-corrected chi connectivity index (χ4v) is 3.91. The van der Waals surface area contributed by atoms with Gasteiger partial charge in [0.05, 0.1) is 12.5 Å². The van der Waals surface area contributed by atoms with Crippen molar-refractivity contribution in [3.63, 3.8) is 0 Å². The fourth-order valence-electron chi connectivity index (χ4n) is 3.91. The first-order chi connectivity index (χ1) is 15.7. The van der Waals surface area contributed by atoms with E-state index in [9.17, 15) is 9.59 Å². The van der Waals surface area contributed by atoms with Crippen molar-refractivity contribution in [3.8, 4) is 0 Å². The van der Waals surface area contributed by atoms with Crippen molar-refractivity contribution in [1.82, 2.24) is 34.7 Å². The zero-order valence-corrected chi connectivity index (χ0v) is 17.2. The lowest BCUT2D eigenvalue weighted by Crippen LogP contribution is -2.42. The molecule has 9 nitrogen and oxygen atoms in total. The lowest BCUT2D eigenvalue weighted by Gasteiger charge is -2.36. The lowest BCUT2D eigenvalue weighted by molar-refractivity contribution is 0.0653. The molecular weight excluding hydrogens is 406 g/mol. The van der Waals surface area contributed by atoms with E-state index in [1.54, 1.807) is 23.5 Å². The Hall–Kier alpha value is -4.27. The smallest absolute Gasteiger partial charge is 0.272 e. The number of benzene rings is 1. The maximum absolute atomic E-state index is 13.2. The first-order valence-corrected chi connectivity index (χ1v) is 10.3. The van der Waals surface area contributed by atoms with E-state index in [1.807, 2.05) is 47.0 Å². The van der Waals surface area contributed by atoms with Crippen LogP contribution in [0.5, 0.6) is 0 Å². The standard InChI is InChI=1S/C23H21N7O2/c31-22(26-12-16-5-4-8-24-11-16)19-14-29-9-10-30(23(32)18-13-25-15-27-18)20(21(29)28-19)17-6-2-1-3-7-17/h1-8,11,13-15,20H,9-10,12H2,(H,25,27)(H,26,31). The number of hydrogen-bond acceptors (Lipinski definition) is 5. The average Bonchev–Trinajstić information content (AvgIpc) is 3.53. The molecule has 4 heterocycles. The molecular formula is C23H21N7O2. The Kier molecular flexibility index (Phi) is 5.20. The highest BCUT2D eigenvalue weighted by molar-refractivity contribution is 5.93. The van der Waals surface area contributed by atoms with E-state index in [1.165, 1.54) is 12.5 Å². The van der Waals surface area contributed by atoms with Crippen molar-refractivity contribution in [1.29, 1.82) is 0 Å². The highest BCUT2D eigenvalue weighted by Gasteiger charge is 2.35. The van der Waals surface area contributed by atoms with Crippen LogP contribution < -0.4 is 5.32 Å². The van der Waals surface area contributed by atoms with Gasteiger partial charge in [0.25, 0.3) is 11.8 Å². The largest absolute Gasteiger partial charge is 0.347 e. The molecule has 0 bridgehead atoms. The van der Waals surface area contributed by atoms with Crippen LogP contribution in [0.15, 0.2) is 73.6 Å². The molecule has 160 valence electrons. The maximum atomic E-state index is 13.2. The number of imidazole rings is 2. The molecule has 1 aliphatic heterocycles. The molecule has 1 unspecified atom stereocenters. The SMILES string of the molecule is O=C(NCc1cccnc1)c1cn2c(n1)C(c1ccccc1)N(C(=O)c1cnc[nH]1)CC2. The molecule has 0 fully saturated rings. The predicted octanol–water partition coefficient (Wildman–Crippen LogP) is 2.18. The van der Waals surface area contributed by atoms with Crippen LogP contribution in [0.25, 0.3) is 0 Å². The summed E-state index contributed by atoms with van der Waals surface area (Å²) in [5.41, 5.74) is 2.57. The molecule has 5 rings (SSSR count). The maximum Gasteiger partial charge on any atom is 0.272 e. The monoisotopic (exact) mass is 427 g/mol. The van der Waals surface area contributed by atoms with Crippen molar-refractivity contribution in [3.05, 3.63) is 102 Å². The first-order valence-electron chi connectivity index (χ1n) is 10.3. The second-order valence-corrected chi connectivity index (χ2v) is 7.50. The van der Waals surface area contributed by atoms with Gasteiger partial charge in [-0.25, -0.2) is 9.97 Å². The van der Waals surface area contributed by atoms with Gasteiger partial charge < -0.3 is 19.8 Å². The van der Waals surface area contributed by atoms with E-state index < -0.39 is 6.04 Å². The minimum Gasteiger partial charge on any atom is -0.347 e. The Bertz CT molecular complexity index is 1220. The second kappa shape index (κ2) is 8.46. The van der Waals surface area contributed by atoms with Crippen molar-refractivity contribution >= 4 is 11.8 Å². The summed E-state index contributed by atoms with van der Waals surface area (Å²) < 4.78 is 1.95. The van der Waals surface area contributed by atoms with E-state index in [0.717, 1.165) is 11.1 Å². The van der Waals surface area contributed by atoms with E-state index >= 15 is 0 Å². The molecule has 9 heteroatoms. The van der Waals surface area contributed by atoms with Crippen LogP contribution in [-0.2, 0) is 13.1 Å². The van der Waals surface area contributed by atoms with Crippen LogP contribution in [0.3, 0.4) is 0 Å². The fraction of sp³-hybridized carbons (Fsp3) is 0.174. The van der Waals surface area contributed by atoms with Gasteiger partial charge in [-0.3, -0.25) is 14.6 Å². The van der Waals surface area contributed by atoms with Gasteiger partial charge in [0.1, 0.15) is 23.3 Å². The van der Waals surface area contributed by atoms with E-state index in [2.05, 4.69) is 25.3 Å². The van der Waals surface area contributed by atoms with E-state index in [0.29, 0.717) is 36.8 Å². The summed E-state index contributed by atoms with van der Waals surface area (Å²) in [6, 6.07) is 13.0. The topological polar surface area (TPSA) is 109 Å². The molecule has 0 aliphatic carbocycles.